The molecule has 0 aliphatic carbocycles. The zero-order valence-corrected chi connectivity index (χ0v) is 12.6. The maximum Gasteiger partial charge on any atom is 0.0651 e. The Labute approximate surface area is 114 Å². The first kappa shape index (κ1) is 13.3. The smallest absolute Gasteiger partial charge is 0.0651 e. The van der Waals surface area contributed by atoms with Gasteiger partial charge in [-0.15, -0.1) is 11.3 Å². The van der Waals surface area contributed by atoms with E-state index in [1.807, 2.05) is 0 Å². The topological polar surface area (TPSA) is 26.0 Å². The number of hydrogen-bond acceptors (Lipinski definition) is 2. The van der Waals surface area contributed by atoms with Gasteiger partial charge < -0.3 is 5.73 Å². The third-order valence-corrected chi connectivity index (χ3v) is 5.17. The van der Waals surface area contributed by atoms with E-state index in [0.717, 1.165) is 0 Å². The molecule has 96 valence electrons. The number of hydrogen-bond donors (Lipinski definition) is 1. The summed E-state index contributed by atoms with van der Waals surface area (Å²) in [6.07, 6.45) is 0. The van der Waals surface area contributed by atoms with E-state index in [0.29, 0.717) is 0 Å². The van der Waals surface area contributed by atoms with Crippen LogP contribution in [-0.4, -0.2) is 0 Å². The van der Waals surface area contributed by atoms with Gasteiger partial charge in [-0.05, 0) is 79.4 Å². The van der Waals surface area contributed by atoms with Crippen LogP contribution in [0.2, 0.25) is 0 Å². The second-order valence-electron chi connectivity index (χ2n) is 5.03. The highest BCUT2D eigenvalue weighted by Crippen LogP contribution is 2.33. The van der Waals surface area contributed by atoms with Crippen LogP contribution in [0.1, 0.15) is 44.3 Å². The Kier molecular flexibility index (Phi) is 3.60. The summed E-state index contributed by atoms with van der Waals surface area (Å²) in [6, 6.07) is 4.19. The van der Waals surface area contributed by atoms with E-state index in [1.165, 1.54) is 38.3 Å². The minimum atomic E-state index is 0.00278. The van der Waals surface area contributed by atoms with Crippen LogP contribution in [0.3, 0.4) is 0 Å². The first-order chi connectivity index (χ1) is 8.45. The molecule has 0 fully saturated rings. The maximum atomic E-state index is 6.46. The van der Waals surface area contributed by atoms with Gasteiger partial charge in [-0.25, -0.2) is 0 Å². The van der Waals surface area contributed by atoms with E-state index in [1.54, 1.807) is 11.3 Å². The van der Waals surface area contributed by atoms with Gasteiger partial charge in [0, 0.05) is 4.88 Å². The summed E-state index contributed by atoms with van der Waals surface area (Å²) < 4.78 is 0. The lowest BCUT2D eigenvalue weighted by atomic mass is 9.86. The van der Waals surface area contributed by atoms with Gasteiger partial charge in [-0.2, -0.15) is 0 Å². The monoisotopic (exact) mass is 259 g/mol. The first-order valence-electron chi connectivity index (χ1n) is 6.31. The highest BCUT2D eigenvalue weighted by atomic mass is 32.1. The number of rotatable bonds is 2. The Balaban J connectivity index is 2.65. The van der Waals surface area contributed by atoms with Gasteiger partial charge in [0.05, 0.1) is 6.04 Å². The molecule has 2 rings (SSSR count). The maximum absolute atomic E-state index is 6.46. The predicted octanol–water partition coefficient (Wildman–Crippen LogP) is 4.34. The fraction of sp³-hybridized carbons (Fsp3) is 0.375. The molecule has 1 aromatic heterocycles. The predicted molar refractivity (Wildman–Crippen MR) is 80.5 cm³/mol. The molecule has 1 nitrogen and oxygen atoms in total. The zero-order valence-electron chi connectivity index (χ0n) is 11.8. The Morgan fingerprint density at radius 1 is 0.889 bits per heavy atom. The summed E-state index contributed by atoms with van der Waals surface area (Å²) in [5, 5.41) is 2.09. The number of benzene rings is 1. The molecule has 0 bridgehead atoms. The van der Waals surface area contributed by atoms with Crippen LogP contribution in [0.15, 0.2) is 17.5 Å². The second kappa shape index (κ2) is 4.87. The molecule has 18 heavy (non-hydrogen) atoms. The summed E-state index contributed by atoms with van der Waals surface area (Å²) in [5.74, 6) is 0. The van der Waals surface area contributed by atoms with Crippen LogP contribution < -0.4 is 5.73 Å². The van der Waals surface area contributed by atoms with Gasteiger partial charge in [0.15, 0.2) is 0 Å². The average Bonchev–Trinajstić information content (AvgIpc) is 2.88. The minimum absolute atomic E-state index is 0.00278. The lowest BCUT2D eigenvalue weighted by Crippen LogP contribution is -2.16. The van der Waals surface area contributed by atoms with Crippen molar-refractivity contribution in [2.45, 2.75) is 40.7 Å². The molecule has 1 atom stereocenters. The second-order valence-corrected chi connectivity index (χ2v) is 6.01. The zero-order chi connectivity index (χ0) is 13.4. The molecule has 2 heteroatoms. The van der Waals surface area contributed by atoms with E-state index in [2.05, 4.69) is 52.1 Å². The molecule has 0 aliphatic rings. The third kappa shape index (κ3) is 2.00. The van der Waals surface area contributed by atoms with E-state index < -0.39 is 0 Å². The summed E-state index contributed by atoms with van der Waals surface area (Å²) in [4.78, 5) is 1.24. The summed E-state index contributed by atoms with van der Waals surface area (Å²) in [7, 11) is 0. The van der Waals surface area contributed by atoms with E-state index >= 15 is 0 Å². The van der Waals surface area contributed by atoms with Crippen LogP contribution in [0.5, 0.6) is 0 Å². The van der Waals surface area contributed by atoms with Crippen molar-refractivity contribution < 1.29 is 0 Å². The molecule has 0 radical (unpaired) electrons. The van der Waals surface area contributed by atoms with Crippen molar-refractivity contribution in [3.8, 4) is 0 Å². The number of nitrogens with two attached hydrogens (primary N) is 1. The lowest BCUT2D eigenvalue weighted by molar-refractivity contribution is 0.861. The fourth-order valence-corrected chi connectivity index (χ4v) is 3.34. The SMILES string of the molecule is Cc1c(C)c(C)c([C@H](N)c2cccs2)c(C)c1C. The standard InChI is InChI=1S/C16H21NS/c1-9-10(2)12(4)15(13(5)11(9)3)16(17)14-7-6-8-18-14/h6-8,16H,17H2,1-5H3/t16-/m1/s1. The van der Waals surface area contributed by atoms with Crippen molar-refractivity contribution in [2.75, 3.05) is 0 Å². The van der Waals surface area contributed by atoms with Crippen molar-refractivity contribution in [1.29, 1.82) is 0 Å². The Hall–Kier alpha value is -1.12. The van der Waals surface area contributed by atoms with Gasteiger partial charge in [-0.1, -0.05) is 6.07 Å². The van der Waals surface area contributed by atoms with Crippen molar-refractivity contribution in [3.05, 3.63) is 55.8 Å². The molecule has 0 spiro atoms. The molecule has 1 aromatic carbocycles. The molecule has 0 aliphatic heterocycles. The summed E-state index contributed by atoms with van der Waals surface area (Å²) in [5.41, 5.74) is 14.6. The highest BCUT2D eigenvalue weighted by Gasteiger charge is 2.19. The Morgan fingerprint density at radius 3 is 1.83 bits per heavy atom. The molecular formula is C16H21NS. The quantitative estimate of drug-likeness (QED) is 0.853. The van der Waals surface area contributed by atoms with Gasteiger partial charge in [-0.3, -0.25) is 0 Å². The molecular weight excluding hydrogens is 238 g/mol. The van der Waals surface area contributed by atoms with Crippen molar-refractivity contribution in [1.82, 2.24) is 0 Å². The Bertz CT molecular complexity index is 538. The van der Waals surface area contributed by atoms with Crippen molar-refractivity contribution >= 4 is 11.3 Å². The first-order valence-corrected chi connectivity index (χ1v) is 7.19. The van der Waals surface area contributed by atoms with Gasteiger partial charge in [0.25, 0.3) is 0 Å². The van der Waals surface area contributed by atoms with Crippen LogP contribution in [0.4, 0.5) is 0 Å². The number of thiophene rings is 1. The largest absolute Gasteiger partial charge is 0.320 e. The molecule has 0 amide bonds. The fourth-order valence-electron chi connectivity index (χ4n) is 2.61. The Morgan fingerprint density at radius 2 is 1.39 bits per heavy atom. The molecule has 0 saturated heterocycles. The lowest BCUT2D eigenvalue weighted by Gasteiger charge is -2.22. The van der Waals surface area contributed by atoms with Gasteiger partial charge >= 0.3 is 0 Å². The van der Waals surface area contributed by atoms with Crippen LogP contribution >= 0.6 is 11.3 Å². The summed E-state index contributed by atoms with van der Waals surface area (Å²) >= 11 is 1.73. The summed E-state index contributed by atoms with van der Waals surface area (Å²) in [6.45, 7) is 11.0. The van der Waals surface area contributed by atoms with Crippen LogP contribution in [-0.2, 0) is 0 Å². The van der Waals surface area contributed by atoms with E-state index in [4.69, 9.17) is 5.73 Å². The van der Waals surface area contributed by atoms with Crippen molar-refractivity contribution in [3.63, 3.8) is 0 Å². The highest BCUT2D eigenvalue weighted by molar-refractivity contribution is 7.10. The van der Waals surface area contributed by atoms with Gasteiger partial charge in [0.1, 0.15) is 0 Å². The molecule has 2 aromatic rings. The van der Waals surface area contributed by atoms with Crippen LogP contribution in [0.25, 0.3) is 0 Å². The van der Waals surface area contributed by atoms with Crippen LogP contribution in [0, 0.1) is 34.6 Å². The van der Waals surface area contributed by atoms with E-state index in [-0.39, 0.29) is 6.04 Å². The third-order valence-electron chi connectivity index (χ3n) is 4.22. The van der Waals surface area contributed by atoms with Crippen molar-refractivity contribution in [2.24, 2.45) is 5.73 Å². The molecule has 0 saturated carbocycles. The normalized spacial score (nSPS) is 12.8. The molecule has 2 N–H and O–H groups in total. The average molecular weight is 259 g/mol. The minimum Gasteiger partial charge on any atom is -0.320 e. The van der Waals surface area contributed by atoms with Gasteiger partial charge in [0.2, 0.25) is 0 Å². The van der Waals surface area contributed by atoms with E-state index in [9.17, 15) is 0 Å². The molecule has 1 heterocycles. The molecule has 0 unspecified atom stereocenters.